The molecule has 0 saturated carbocycles. The van der Waals surface area contributed by atoms with E-state index in [1.165, 1.54) is 6.07 Å². The molecule has 4 heterocycles. The lowest BCUT2D eigenvalue weighted by Gasteiger charge is -2.18. The highest BCUT2D eigenvalue weighted by Crippen LogP contribution is 2.36. The van der Waals surface area contributed by atoms with Crippen LogP contribution in [0.5, 0.6) is 23.0 Å². The third-order valence-corrected chi connectivity index (χ3v) is 7.33. The quantitative estimate of drug-likeness (QED) is 0.306. The van der Waals surface area contributed by atoms with E-state index in [1.54, 1.807) is 37.4 Å². The fourth-order valence-electron chi connectivity index (χ4n) is 5.22. The highest BCUT2D eigenvalue weighted by atomic mass is 16.8. The summed E-state index contributed by atoms with van der Waals surface area (Å²) in [4.78, 5) is 13.6. The molecular formula is C32H38O12. The lowest BCUT2D eigenvalue weighted by Crippen LogP contribution is -2.25. The van der Waals surface area contributed by atoms with Gasteiger partial charge in [0.1, 0.15) is 73.2 Å². The predicted molar refractivity (Wildman–Crippen MR) is 156 cm³/mol. The fourth-order valence-corrected chi connectivity index (χ4v) is 5.22. The van der Waals surface area contributed by atoms with Crippen LogP contribution >= 0.6 is 0 Å². The van der Waals surface area contributed by atoms with Crippen molar-refractivity contribution < 1.29 is 51.8 Å². The van der Waals surface area contributed by atoms with Crippen molar-refractivity contribution in [1.29, 1.82) is 0 Å². The summed E-state index contributed by atoms with van der Waals surface area (Å²) in [6.45, 7) is 9.55. The summed E-state index contributed by atoms with van der Waals surface area (Å²) >= 11 is 0. The Morgan fingerprint density at radius 2 is 1.45 bits per heavy atom. The first-order chi connectivity index (χ1) is 21.1. The van der Waals surface area contributed by atoms with Crippen molar-refractivity contribution in [3.8, 4) is 34.3 Å². The van der Waals surface area contributed by atoms with Crippen molar-refractivity contribution in [2.45, 2.75) is 57.6 Å². The largest absolute Gasteiger partial charge is 0.493 e. The van der Waals surface area contributed by atoms with Gasteiger partial charge < -0.3 is 51.8 Å². The third kappa shape index (κ3) is 7.12. The van der Waals surface area contributed by atoms with Crippen molar-refractivity contribution in [1.82, 2.24) is 0 Å². The van der Waals surface area contributed by atoms with Crippen LogP contribution in [0.3, 0.4) is 0 Å². The molecule has 12 heteroatoms. The maximum absolute atomic E-state index is 13.6. The van der Waals surface area contributed by atoms with Crippen LogP contribution in [0.1, 0.15) is 27.7 Å². The maximum Gasteiger partial charge on any atom is 0.197 e. The molecule has 3 saturated heterocycles. The van der Waals surface area contributed by atoms with E-state index in [4.69, 9.17) is 51.8 Å². The van der Waals surface area contributed by atoms with Crippen LogP contribution in [0.4, 0.5) is 0 Å². The van der Waals surface area contributed by atoms with Crippen LogP contribution in [-0.4, -0.2) is 83.4 Å². The maximum atomic E-state index is 13.6. The zero-order valence-electron chi connectivity index (χ0n) is 25.5. The molecule has 0 bridgehead atoms. The Kier molecular flexibility index (Phi) is 8.73. The molecular weight excluding hydrogens is 576 g/mol. The molecule has 0 radical (unpaired) electrons. The molecule has 0 N–H and O–H groups in total. The second-order valence-electron chi connectivity index (χ2n) is 11.7. The second-order valence-corrected chi connectivity index (χ2v) is 11.7. The van der Waals surface area contributed by atoms with Crippen LogP contribution in [0.15, 0.2) is 45.6 Å². The van der Waals surface area contributed by atoms with Crippen molar-refractivity contribution in [3.63, 3.8) is 0 Å². The van der Waals surface area contributed by atoms with Gasteiger partial charge >= 0.3 is 0 Å². The van der Waals surface area contributed by atoms with Crippen molar-refractivity contribution in [2.24, 2.45) is 0 Å². The van der Waals surface area contributed by atoms with Crippen molar-refractivity contribution in [3.05, 3.63) is 46.6 Å². The van der Waals surface area contributed by atoms with Gasteiger partial charge in [-0.3, -0.25) is 4.79 Å². The molecule has 1 aromatic heterocycles. The van der Waals surface area contributed by atoms with Crippen LogP contribution in [0.2, 0.25) is 0 Å². The molecule has 12 nitrogen and oxygen atoms in total. The molecule has 6 rings (SSSR count). The standard InChI is InChI=1S/C32H38O12/c1-31(2)40-16-22(43-31)14-37-27-8-19(6-7-25(27)34-5)26-11-24(33)30-28(38-15-23-17-41-32(3,4)44-23)9-20(10-29(30)42-26)36-13-21-12-35-18-39-21/h6-11,21-23H,12-18H2,1-5H3. The average Bonchev–Trinajstić information content (AvgIpc) is 3.73. The van der Waals surface area contributed by atoms with Gasteiger partial charge in [-0.2, -0.15) is 0 Å². The molecule has 3 unspecified atom stereocenters. The van der Waals surface area contributed by atoms with Gasteiger partial charge in [0.05, 0.1) is 26.9 Å². The average molecular weight is 615 g/mol. The number of ether oxygens (including phenoxy) is 10. The molecule has 3 aliphatic rings. The van der Waals surface area contributed by atoms with E-state index in [0.29, 0.717) is 59.7 Å². The first kappa shape index (κ1) is 30.6. The molecule has 0 amide bonds. The number of fused-ring (bicyclic) bond motifs is 1. The summed E-state index contributed by atoms with van der Waals surface area (Å²) in [5.41, 5.74) is 0.633. The smallest absolute Gasteiger partial charge is 0.197 e. The van der Waals surface area contributed by atoms with Gasteiger partial charge in [-0.05, 0) is 45.9 Å². The third-order valence-electron chi connectivity index (χ3n) is 7.33. The van der Waals surface area contributed by atoms with E-state index in [2.05, 4.69) is 0 Å². The zero-order valence-corrected chi connectivity index (χ0v) is 25.5. The summed E-state index contributed by atoms with van der Waals surface area (Å²) in [5, 5.41) is 0.283. The fraction of sp³-hybridized carbons (Fsp3) is 0.531. The molecule has 0 aliphatic carbocycles. The van der Waals surface area contributed by atoms with Crippen molar-refractivity contribution >= 4 is 11.0 Å². The molecule has 238 valence electrons. The molecule has 0 spiro atoms. The molecule has 3 atom stereocenters. The van der Waals surface area contributed by atoms with Crippen LogP contribution < -0.4 is 24.4 Å². The Labute approximate surface area is 254 Å². The molecule has 2 aromatic carbocycles. The van der Waals surface area contributed by atoms with Crippen LogP contribution in [0.25, 0.3) is 22.3 Å². The highest BCUT2D eigenvalue weighted by Gasteiger charge is 2.34. The van der Waals surface area contributed by atoms with E-state index in [-0.39, 0.29) is 55.7 Å². The van der Waals surface area contributed by atoms with E-state index >= 15 is 0 Å². The first-order valence-corrected chi connectivity index (χ1v) is 14.6. The second kappa shape index (κ2) is 12.5. The van der Waals surface area contributed by atoms with Gasteiger partial charge in [-0.25, -0.2) is 0 Å². The topological polar surface area (TPSA) is 123 Å². The Morgan fingerprint density at radius 3 is 2.07 bits per heavy atom. The van der Waals surface area contributed by atoms with Crippen molar-refractivity contribution in [2.75, 3.05) is 53.5 Å². The minimum atomic E-state index is -0.701. The number of hydrogen-bond donors (Lipinski definition) is 0. The Bertz CT molecular complexity index is 1520. The van der Waals surface area contributed by atoms with Gasteiger partial charge in [0.2, 0.25) is 0 Å². The van der Waals surface area contributed by atoms with Gasteiger partial charge in [0, 0.05) is 23.8 Å². The lowest BCUT2D eigenvalue weighted by atomic mass is 10.1. The highest BCUT2D eigenvalue weighted by molar-refractivity contribution is 5.86. The zero-order chi connectivity index (χ0) is 30.9. The van der Waals surface area contributed by atoms with Gasteiger partial charge in [-0.1, -0.05) is 0 Å². The first-order valence-electron chi connectivity index (χ1n) is 14.6. The Balaban J connectivity index is 1.29. The Morgan fingerprint density at radius 1 is 0.773 bits per heavy atom. The van der Waals surface area contributed by atoms with Gasteiger partial charge in [-0.15, -0.1) is 0 Å². The van der Waals surface area contributed by atoms with Gasteiger partial charge in [0.25, 0.3) is 0 Å². The van der Waals surface area contributed by atoms with E-state index < -0.39 is 11.6 Å². The lowest BCUT2D eigenvalue weighted by molar-refractivity contribution is -0.141. The molecule has 3 aromatic rings. The summed E-state index contributed by atoms with van der Waals surface area (Å²) < 4.78 is 63.8. The van der Waals surface area contributed by atoms with Gasteiger partial charge in [0.15, 0.2) is 28.5 Å². The summed E-state index contributed by atoms with van der Waals surface area (Å²) in [6, 6.07) is 10.1. The normalized spacial score (nSPS) is 24.1. The molecule has 3 aliphatic heterocycles. The van der Waals surface area contributed by atoms with Crippen LogP contribution in [-0.2, 0) is 28.4 Å². The molecule has 44 heavy (non-hydrogen) atoms. The van der Waals surface area contributed by atoms with E-state index in [0.717, 1.165) is 0 Å². The minimum absolute atomic E-state index is 0.175. The SMILES string of the molecule is COc1ccc(-c2cc(=O)c3c(OCC4COC(C)(C)O4)cc(OCC4COCO4)cc3o2)cc1OCC1COC(C)(C)O1. The number of methoxy groups -OCH3 is 1. The number of benzene rings is 2. The van der Waals surface area contributed by atoms with E-state index in [9.17, 15) is 4.79 Å². The van der Waals surface area contributed by atoms with E-state index in [1.807, 2.05) is 27.7 Å². The summed E-state index contributed by atoms with van der Waals surface area (Å²) in [7, 11) is 1.56. The number of hydrogen-bond acceptors (Lipinski definition) is 12. The Hall–Kier alpha value is -3.39. The number of rotatable bonds is 11. The summed E-state index contributed by atoms with van der Waals surface area (Å²) in [6.07, 6.45) is -0.739. The minimum Gasteiger partial charge on any atom is -0.493 e. The predicted octanol–water partition coefficient (Wildman–Crippen LogP) is 4.28. The van der Waals surface area contributed by atoms with Crippen LogP contribution in [0, 0.1) is 0 Å². The summed E-state index contributed by atoms with van der Waals surface area (Å²) in [5.74, 6) is 0.743. The molecule has 3 fully saturated rings. The monoisotopic (exact) mass is 614 g/mol.